The summed E-state index contributed by atoms with van der Waals surface area (Å²) in [5.41, 5.74) is 2.29. The lowest BCUT2D eigenvalue weighted by Gasteiger charge is -2.28. The van der Waals surface area contributed by atoms with Crippen molar-refractivity contribution in [2.45, 2.75) is 17.9 Å². The summed E-state index contributed by atoms with van der Waals surface area (Å²) in [6.07, 6.45) is 2.27. The first-order valence-electron chi connectivity index (χ1n) is 8.67. The molecule has 0 radical (unpaired) electrons. The van der Waals surface area contributed by atoms with Crippen molar-refractivity contribution in [3.05, 3.63) is 47.3 Å². The van der Waals surface area contributed by atoms with Crippen molar-refractivity contribution in [2.75, 3.05) is 32.7 Å². The van der Waals surface area contributed by atoms with Crippen LogP contribution in [0.25, 0.3) is 0 Å². The molecule has 1 saturated heterocycles. The summed E-state index contributed by atoms with van der Waals surface area (Å²) in [4.78, 5) is 14.6. The van der Waals surface area contributed by atoms with E-state index in [0.717, 1.165) is 24.3 Å². The van der Waals surface area contributed by atoms with Crippen LogP contribution in [-0.4, -0.2) is 66.5 Å². The minimum Gasteiger partial charge on any atom is -0.336 e. The van der Waals surface area contributed by atoms with Crippen LogP contribution in [0.2, 0.25) is 0 Å². The van der Waals surface area contributed by atoms with Gasteiger partial charge in [-0.3, -0.25) is 9.89 Å². The molecule has 0 bridgehead atoms. The van der Waals surface area contributed by atoms with Crippen molar-refractivity contribution in [1.29, 1.82) is 0 Å². The predicted octanol–water partition coefficient (Wildman–Crippen LogP) is 0.202. The Kier molecular flexibility index (Phi) is 4.51. The molecule has 2 N–H and O–H groups in total. The van der Waals surface area contributed by atoms with Crippen LogP contribution in [0, 0.1) is 0 Å². The van der Waals surface area contributed by atoms with E-state index in [9.17, 15) is 13.2 Å². The molecule has 2 aliphatic heterocycles. The molecule has 2 aromatic rings. The van der Waals surface area contributed by atoms with Crippen molar-refractivity contribution in [2.24, 2.45) is 0 Å². The summed E-state index contributed by atoms with van der Waals surface area (Å²) >= 11 is 0. The van der Waals surface area contributed by atoms with Gasteiger partial charge in [-0.2, -0.15) is 9.40 Å². The van der Waals surface area contributed by atoms with Gasteiger partial charge in [-0.05, 0) is 18.2 Å². The van der Waals surface area contributed by atoms with E-state index in [4.69, 9.17) is 0 Å². The average molecular weight is 375 g/mol. The number of carbonyl (C=O) groups is 1. The van der Waals surface area contributed by atoms with E-state index in [-0.39, 0.29) is 10.8 Å². The number of nitrogens with zero attached hydrogens (tertiary/aromatic N) is 3. The quantitative estimate of drug-likeness (QED) is 0.799. The Morgan fingerprint density at radius 2 is 1.96 bits per heavy atom. The maximum atomic E-state index is 13.0. The SMILES string of the molecule is O=C(c1cccc(S(=O)(=O)N2CCc3[nH]ncc3C2)c1)N1CCNCC1. The Hall–Kier alpha value is -2.23. The van der Waals surface area contributed by atoms with Gasteiger partial charge in [-0.1, -0.05) is 6.07 Å². The van der Waals surface area contributed by atoms with Gasteiger partial charge in [0.25, 0.3) is 5.91 Å². The van der Waals surface area contributed by atoms with E-state index in [1.165, 1.54) is 10.4 Å². The van der Waals surface area contributed by atoms with Crippen molar-refractivity contribution in [1.82, 2.24) is 24.7 Å². The summed E-state index contributed by atoms with van der Waals surface area (Å²) in [5, 5.41) is 10.1. The molecule has 1 aromatic carbocycles. The van der Waals surface area contributed by atoms with E-state index in [1.807, 2.05) is 0 Å². The molecule has 3 heterocycles. The number of sulfonamides is 1. The van der Waals surface area contributed by atoms with Crippen molar-refractivity contribution < 1.29 is 13.2 Å². The molecule has 4 rings (SSSR count). The fraction of sp³-hybridized carbons (Fsp3) is 0.412. The molecule has 0 unspecified atom stereocenters. The van der Waals surface area contributed by atoms with E-state index < -0.39 is 10.0 Å². The number of piperazine rings is 1. The number of fused-ring (bicyclic) bond motifs is 1. The second-order valence-corrected chi connectivity index (χ2v) is 8.47. The monoisotopic (exact) mass is 375 g/mol. The number of hydrogen-bond acceptors (Lipinski definition) is 5. The van der Waals surface area contributed by atoms with Crippen LogP contribution in [0.1, 0.15) is 21.6 Å². The Morgan fingerprint density at radius 1 is 1.15 bits per heavy atom. The van der Waals surface area contributed by atoms with Crippen molar-refractivity contribution in [3.63, 3.8) is 0 Å². The first kappa shape index (κ1) is 17.2. The first-order chi connectivity index (χ1) is 12.6. The first-order valence-corrected chi connectivity index (χ1v) is 10.1. The number of aromatic amines is 1. The highest BCUT2D eigenvalue weighted by molar-refractivity contribution is 7.89. The molecule has 9 heteroatoms. The number of benzene rings is 1. The van der Waals surface area contributed by atoms with Crippen LogP contribution in [0.4, 0.5) is 0 Å². The Bertz CT molecular complexity index is 918. The molecule has 138 valence electrons. The van der Waals surface area contributed by atoms with Crippen LogP contribution in [0.3, 0.4) is 0 Å². The fourth-order valence-corrected chi connectivity index (χ4v) is 4.86. The predicted molar refractivity (Wildman–Crippen MR) is 95.1 cm³/mol. The van der Waals surface area contributed by atoms with Crippen molar-refractivity contribution >= 4 is 15.9 Å². The van der Waals surface area contributed by atoms with E-state index in [2.05, 4.69) is 15.5 Å². The number of aromatic nitrogens is 2. The maximum Gasteiger partial charge on any atom is 0.253 e. The largest absolute Gasteiger partial charge is 0.336 e. The summed E-state index contributed by atoms with van der Waals surface area (Å²) in [7, 11) is -3.66. The normalized spacial score (nSPS) is 18.5. The zero-order valence-electron chi connectivity index (χ0n) is 14.3. The molecule has 1 amide bonds. The Morgan fingerprint density at radius 3 is 2.77 bits per heavy atom. The molecule has 0 aliphatic carbocycles. The number of rotatable bonds is 3. The maximum absolute atomic E-state index is 13.0. The number of nitrogens with one attached hydrogen (secondary N) is 2. The van der Waals surface area contributed by atoms with Crippen LogP contribution in [0.15, 0.2) is 35.4 Å². The van der Waals surface area contributed by atoms with Gasteiger partial charge >= 0.3 is 0 Å². The summed E-state index contributed by atoms with van der Waals surface area (Å²) in [6, 6.07) is 6.35. The lowest BCUT2D eigenvalue weighted by molar-refractivity contribution is 0.0735. The van der Waals surface area contributed by atoms with Crippen LogP contribution in [-0.2, 0) is 23.0 Å². The van der Waals surface area contributed by atoms with Gasteiger partial charge in [0.15, 0.2) is 0 Å². The molecule has 2 aliphatic rings. The second kappa shape index (κ2) is 6.82. The van der Waals surface area contributed by atoms with E-state index in [0.29, 0.717) is 38.2 Å². The average Bonchev–Trinajstić information content (AvgIpc) is 3.16. The molecule has 26 heavy (non-hydrogen) atoms. The van der Waals surface area contributed by atoms with Crippen LogP contribution in [0.5, 0.6) is 0 Å². The van der Waals surface area contributed by atoms with Crippen LogP contribution >= 0.6 is 0 Å². The summed E-state index contributed by atoms with van der Waals surface area (Å²) in [5.74, 6) is -0.126. The number of carbonyl (C=O) groups excluding carboxylic acids is 1. The van der Waals surface area contributed by atoms with Gasteiger partial charge in [-0.25, -0.2) is 8.42 Å². The smallest absolute Gasteiger partial charge is 0.253 e. The number of amides is 1. The lowest BCUT2D eigenvalue weighted by Crippen LogP contribution is -2.46. The number of hydrogen-bond donors (Lipinski definition) is 2. The molecular weight excluding hydrogens is 354 g/mol. The topological polar surface area (TPSA) is 98.4 Å². The highest BCUT2D eigenvalue weighted by Crippen LogP contribution is 2.24. The number of H-pyrrole nitrogens is 1. The zero-order chi connectivity index (χ0) is 18.1. The Balaban J connectivity index is 1.58. The molecular formula is C17H21N5O3S. The van der Waals surface area contributed by atoms with Gasteiger partial charge < -0.3 is 10.2 Å². The molecule has 8 nitrogen and oxygen atoms in total. The molecule has 0 saturated carbocycles. The highest BCUT2D eigenvalue weighted by Gasteiger charge is 2.30. The lowest BCUT2D eigenvalue weighted by atomic mass is 10.1. The molecule has 1 fully saturated rings. The van der Waals surface area contributed by atoms with Gasteiger partial charge in [0.05, 0.1) is 11.1 Å². The van der Waals surface area contributed by atoms with Gasteiger partial charge in [0, 0.05) is 62.5 Å². The minimum absolute atomic E-state index is 0.126. The molecule has 1 aromatic heterocycles. The van der Waals surface area contributed by atoms with E-state index in [1.54, 1.807) is 29.3 Å². The van der Waals surface area contributed by atoms with Gasteiger partial charge in [0.2, 0.25) is 10.0 Å². The fourth-order valence-electron chi connectivity index (χ4n) is 3.39. The molecule has 0 atom stereocenters. The standard InChI is InChI=1S/C17H21N5O3S/c23-17(21-8-5-18-6-9-21)13-2-1-3-15(10-13)26(24,25)22-7-4-16-14(12-22)11-19-20-16/h1-3,10-11,18H,4-9,12H2,(H,19,20). The Labute approximate surface area is 152 Å². The van der Waals surface area contributed by atoms with Crippen molar-refractivity contribution in [3.8, 4) is 0 Å². The summed E-state index contributed by atoms with van der Waals surface area (Å²) < 4.78 is 27.5. The summed E-state index contributed by atoms with van der Waals surface area (Å²) in [6.45, 7) is 3.46. The van der Waals surface area contributed by atoms with Gasteiger partial charge in [-0.15, -0.1) is 0 Å². The highest BCUT2D eigenvalue weighted by atomic mass is 32.2. The van der Waals surface area contributed by atoms with Crippen LogP contribution < -0.4 is 5.32 Å². The third kappa shape index (κ3) is 3.13. The third-order valence-electron chi connectivity index (χ3n) is 4.89. The third-order valence-corrected chi connectivity index (χ3v) is 6.73. The van der Waals surface area contributed by atoms with E-state index >= 15 is 0 Å². The molecule has 0 spiro atoms. The zero-order valence-corrected chi connectivity index (χ0v) is 15.1. The van der Waals surface area contributed by atoms with Gasteiger partial charge in [0.1, 0.15) is 0 Å². The second-order valence-electron chi connectivity index (χ2n) is 6.53. The minimum atomic E-state index is -3.66.